The molecule has 92 valence electrons. The third-order valence-electron chi connectivity index (χ3n) is 2.91. The molecule has 0 spiro atoms. The summed E-state index contributed by atoms with van der Waals surface area (Å²) in [5.74, 6) is 3.08. The van der Waals surface area contributed by atoms with Crippen LogP contribution in [0.1, 0.15) is 12.5 Å². The van der Waals surface area contributed by atoms with E-state index in [4.69, 9.17) is 14.2 Å². The van der Waals surface area contributed by atoms with Gasteiger partial charge >= 0.3 is 0 Å². The lowest BCUT2D eigenvalue weighted by Crippen LogP contribution is -1.92. The van der Waals surface area contributed by atoms with Gasteiger partial charge in [0.05, 0.1) is 0 Å². The molecule has 1 aliphatic rings. The Bertz CT molecular complexity index is 546. The van der Waals surface area contributed by atoms with Crippen molar-refractivity contribution in [2.24, 2.45) is 0 Å². The predicted molar refractivity (Wildman–Crippen MR) is 68.5 cm³/mol. The molecule has 0 unspecified atom stereocenters. The van der Waals surface area contributed by atoms with Gasteiger partial charge in [0.15, 0.2) is 11.5 Å². The van der Waals surface area contributed by atoms with Crippen LogP contribution in [0.15, 0.2) is 42.5 Å². The largest absolute Gasteiger partial charge is 0.457 e. The third kappa shape index (κ3) is 2.12. The van der Waals surface area contributed by atoms with Crippen molar-refractivity contribution in [1.29, 1.82) is 0 Å². The average Bonchev–Trinajstić information content (AvgIpc) is 2.87. The normalized spacial score (nSPS) is 12.5. The second kappa shape index (κ2) is 4.61. The Morgan fingerprint density at radius 1 is 0.944 bits per heavy atom. The van der Waals surface area contributed by atoms with E-state index >= 15 is 0 Å². The van der Waals surface area contributed by atoms with Gasteiger partial charge in [-0.3, -0.25) is 0 Å². The van der Waals surface area contributed by atoms with Crippen molar-refractivity contribution in [3.8, 4) is 23.0 Å². The molecule has 1 heterocycles. The third-order valence-corrected chi connectivity index (χ3v) is 2.91. The Kier molecular flexibility index (Phi) is 2.81. The van der Waals surface area contributed by atoms with E-state index in [0.29, 0.717) is 0 Å². The molecule has 2 aromatic carbocycles. The first-order chi connectivity index (χ1) is 8.85. The predicted octanol–water partition coefficient (Wildman–Crippen LogP) is 3.77. The molecule has 0 saturated carbocycles. The van der Waals surface area contributed by atoms with Crippen LogP contribution in [0.5, 0.6) is 23.0 Å². The summed E-state index contributed by atoms with van der Waals surface area (Å²) in [5, 5.41) is 0. The molecule has 0 saturated heterocycles. The number of hydrogen-bond donors (Lipinski definition) is 0. The van der Waals surface area contributed by atoms with Gasteiger partial charge in [-0.15, -0.1) is 0 Å². The maximum atomic E-state index is 5.77. The van der Waals surface area contributed by atoms with E-state index in [-0.39, 0.29) is 6.79 Å². The van der Waals surface area contributed by atoms with Crippen molar-refractivity contribution in [2.45, 2.75) is 13.3 Å². The molecule has 0 fully saturated rings. The van der Waals surface area contributed by atoms with Gasteiger partial charge < -0.3 is 14.2 Å². The van der Waals surface area contributed by atoms with E-state index in [1.54, 1.807) is 0 Å². The van der Waals surface area contributed by atoms with E-state index in [2.05, 4.69) is 19.1 Å². The number of aryl methyl sites for hydroxylation is 1. The fraction of sp³-hybridized carbons (Fsp3) is 0.200. The summed E-state index contributed by atoms with van der Waals surface area (Å²) in [7, 11) is 0. The van der Waals surface area contributed by atoms with Gasteiger partial charge in [0, 0.05) is 6.07 Å². The molecule has 18 heavy (non-hydrogen) atoms. The molecule has 2 aromatic rings. The minimum atomic E-state index is 0.282. The lowest BCUT2D eigenvalue weighted by atomic mass is 10.2. The van der Waals surface area contributed by atoms with Crippen molar-refractivity contribution < 1.29 is 14.2 Å². The van der Waals surface area contributed by atoms with Crippen LogP contribution in [0.2, 0.25) is 0 Å². The Balaban J connectivity index is 1.79. The van der Waals surface area contributed by atoms with E-state index in [0.717, 1.165) is 29.4 Å². The highest BCUT2D eigenvalue weighted by Crippen LogP contribution is 2.36. The smallest absolute Gasteiger partial charge is 0.231 e. The number of benzene rings is 2. The molecule has 1 aliphatic heterocycles. The second-order valence-corrected chi connectivity index (χ2v) is 4.11. The van der Waals surface area contributed by atoms with Gasteiger partial charge in [0.25, 0.3) is 0 Å². The zero-order valence-electron chi connectivity index (χ0n) is 10.2. The van der Waals surface area contributed by atoms with Gasteiger partial charge in [-0.1, -0.05) is 19.1 Å². The van der Waals surface area contributed by atoms with E-state index in [9.17, 15) is 0 Å². The molecule has 0 N–H and O–H groups in total. The summed E-state index contributed by atoms with van der Waals surface area (Å²) in [4.78, 5) is 0. The summed E-state index contributed by atoms with van der Waals surface area (Å²) in [6.07, 6.45) is 1.03. The lowest BCUT2D eigenvalue weighted by Gasteiger charge is -2.07. The minimum Gasteiger partial charge on any atom is -0.457 e. The molecular weight excluding hydrogens is 228 g/mol. The van der Waals surface area contributed by atoms with Gasteiger partial charge in [-0.25, -0.2) is 0 Å². The summed E-state index contributed by atoms with van der Waals surface area (Å²) < 4.78 is 16.3. The number of rotatable bonds is 3. The van der Waals surface area contributed by atoms with Crippen molar-refractivity contribution in [3.63, 3.8) is 0 Å². The van der Waals surface area contributed by atoms with Gasteiger partial charge in [0.1, 0.15) is 11.5 Å². The highest BCUT2D eigenvalue weighted by atomic mass is 16.7. The quantitative estimate of drug-likeness (QED) is 0.820. The summed E-state index contributed by atoms with van der Waals surface area (Å²) >= 11 is 0. The van der Waals surface area contributed by atoms with Crippen LogP contribution in [0.25, 0.3) is 0 Å². The molecule has 0 bridgehead atoms. The SMILES string of the molecule is CCc1ccc(Oc2ccc3c(c2)OCO3)cc1. The molecule has 0 radical (unpaired) electrons. The van der Waals surface area contributed by atoms with Crippen molar-refractivity contribution in [1.82, 2.24) is 0 Å². The van der Waals surface area contributed by atoms with Crippen LogP contribution in [0.3, 0.4) is 0 Å². The van der Waals surface area contributed by atoms with Crippen LogP contribution >= 0.6 is 0 Å². The fourth-order valence-corrected chi connectivity index (χ4v) is 1.87. The fourth-order valence-electron chi connectivity index (χ4n) is 1.87. The van der Waals surface area contributed by atoms with Gasteiger partial charge in [0.2, 0.25) is 6.79 Å². The zero-order valence-corrected chi connectivity index (χ0v) is 10.2. The lowest BCUT2D eigenvalue weighted by molar-refractivity contribution is 0.174. The standard InChI is InChI=1S/C15H14O3/c1-2-11-3-5-12(6-4-11)18-13-7-8-14-15(9-13)17-10-16-14/h3-9H,2,10H2,1H3. The van der Waals surface area contributed by atoms with Crippen molar-refractivity contribution in [3.05, 3.63) is 48.0 Å². The first kappa shape index (κ1) is 11.0. The first-order valence-electron chi connectivity index (χ1n) is 6.01. The Morgan fingerprint density at radius 3 is 2.44 bits per heavy atom. The van der Waals surface area contributed by atoms with Gasteiger partial charge in [-0.2, -0.15) is 0 Å². The highest BCUT2D eigenvalue weighted by Gasteiger charge is 2.13. The van der Waals surface area contributed by atoms with Crippen molar-refractivity contribution >= 4 is 0 Å². The van der Waals surface area contributed by atoms with Crippen LogP contribution in [-0.4, -0.2) is 6.79 Å². The van der Waals surface area contributed by atoms with Gasteiger partial charge in [-0.05, 0) is 36.2 Å². The molecule has 3 nitrogen and oxygen atoms in total. The van der Waals surface area contributed by atoms with Crippen LogP contribution in [0.4, 0.5) is 0 Å². The maximum absolute atomic E-state index is 5.77. The molecule has 3 heteroatoms. The molecule has 0 aromatic heterocycles. The Labute approximate surface area is 106 Å². The van der Waals surface area contributed by atoms with Crippen LogP contribution in [-0.2, 0) is 6.42 Å². The Hall–Kier alpha value is -2.16. The summed E-state index contributed by atoms with van der Waals surface area (Å²) in [6, 6.07) is 13.7. The van der Waals surface area contributed by atoms with Crippen LogP contribution in [0, 0.1) is 0 Å². The maximum Gasteiger partial charge on any atom is 0.231 e. The molecule has 0 amide bonds. The topological polar surface area (TPSA) is 27.7 Å². The van der Waals surface area contributed by atoms with E-state index < -0.39 is 0 Å². The van der Waals surface area contributed by atoms with E-state index in [1.165, 1.54) is 5.56 Å². The summed E-state index contributed by atoms with van der Waals surface area (Å²) in [6.45, 7) is 2.41. The molecular formula is C15H14O3. The number of hydrogen-bond acceptors (Lipinski definition) is 3. The van der Waals surface area contributed by atoms with E-state index in [1.807, 2.05) is 30.3 Å². The number of ether oxygens (including phenoxy) is 3. The Morgan fingerprint density at radius 2 is 1.67 bits per heavy atom. The highest BCUT2D eigenvalue weighted by molar-refractivity contribution is 5.48. The molecule has 0 atom stereocenters. The summed E-state index contributed by atoms with van der Waals surface area (Å²) in [5.41, 5.74) is 1.30. The minimum absolute atomic E-state index is 0.282. The average molecular weight is 242 g/mol. The molecule has 0 aliphatic carbocycles. The zero-order chi connectivity index (χ0) is 12.4. The molecule has 3 rings (SSSR count). The van der Waals surface area contributed by atoms with Crippen molar-refractivity contribution in [2.75, 3.05) is 6.79 Å². The first-order valence-corrected chi connectivity index (χ1v) is 6.01. The van der Waals surface area contributed by atoms with Crippen LogP contribution < -0.4 is 14.2 Å². The second-order valence-electron chi connectivity index (χ2n) is 4.11. The monoisotopic (exact) mass is 242 g/mol. The number of fused-ring (bicyclic) bond motifs is 1.